The first-order chi connectivity index (χ1) is 15.0. The van der Waals surface area contributed by atoms with E-state index < -0.39 is 11.8 Å². The van der Waals surface area contributed by atoms with Crippen molar-refractivity contribution in [2.24, 2.45) is 0 Å². The van der Waals surface area contributed by atoms with Crippen molar-refractivity contribution in [3.8, 4) is 11.4 Å². The number of benzene rings is 2. The number of hydrogen-bond acceptors (Lipinski definition) is 4. The first kappa shape index (κ1) is 20.8. The fraction of sp³-hybridized carbons (Fsp3) is 0.0870. The van der Waals surface area contributed by atoms with Crippen molar-refractivity contribution in [2.45, 2.75) is 6.92 Å². The van der Waals surface area contributed by atoms with Crippen LogP contribution in [0.4, 0.5) is 5.69 Å². The summed E-state index contributed by atoms with van der Waals surface area (Å²) in [5, 5.41) is 3.24. The number of carbonyl (C=O) groups is 2. The molecule has 1 aliphatic heterocycles. The second kappa shape index (κ2) is 8.75. The molecule has 2 aromatic carbocycles. The lowest BCUT2D eigenvalue weighted by Crippen LogP contribution is -2.54. The lowest BCUT2D eigenvalue weighted by molar-refractivity contribution is -0.122. The van der Waals surface area contributed by atoms with Gasteiger partial charge >= 0.3 is 0 Å². The number of nitrogens with zero attached hydrogens (tertiary/aromatic N) is 2. The van der Waals surface area contributed by atoms with E-state index in [4.69, 9.17) is 28.6 Å². The Morgan fingerprint density at radius 2 is 1.84 bits per heavy atom. The van der Waals surface area contributed by atoms with E-state index in [0.29, 0.717) is 28.8 Å². The zero-order valence-corrected chi connectivity index (χ0v) is 18.1. The first-order valence-corrected chi connectivity index (χ1v) is 10.3. The van der Waals surface area contributed by atoms with Crippen LogP contribution in [0.5, 0.6) is 5.75 Å². The topological polar surface area (TPSA) is 63.6 Å². The standard InChI is InChI=1S/C23H18ClN3O3S/c1-2-30-19-7-3-5-18(13-19)27-22(29)20(21(28)25-23(27)31)14-17-6-4-12-26(17)16-10-8-15(24)9-11-16/h3-14H,2H2,1H3,(H,25,28,31)/b20-14-. The van der Waals surface area contributed by atoms with Crippen LogP contribution >= 0.6 is 23.8 Å². The molecule has 1 aromatic heterocycles. The molecule has 0 radical (unpaired) electrons. The van der Waals surface area contributed by atoms with Gasteiger partial charge in [0, 0.05) is 28.7 Å². The Labute approximate surface area is 189 Å². The van der Waals surface area contributed by atoms with E-state index in [2.05, 4.69) is 5.32 Å². The highest BCUT2D eigenvalue weighted by Gasteiger charge is 2.34. The average molecular weight is 452 g/mol. The average Bonchev–Trinajstić information content (AvgIpc) is 3.20. The molecule has 0 spiro atoms. The summed E-state index contributed by atoms with van der Waals surface area (Å²) in [4.78, 5) is 27.2. The van der Waals surface area contributed by atoms with Crippen molar-refractivity contribution in [1.29, 1.82) is 0 Å². The molecule has 0 atom stereocenters. The zero-order chi connectivity index (χ0) is 22.0. The number of anilines is 1. The smallest absolute Gasteiger partial charge is 0.270 e. The quantitative estimate of drug-likeness (QED) is 0.355. The molecule has 1 aliphatic rings. The number of hydrogen-bond donors (Lipinski definition) is 1. The minimum Gasteiger partial charge on any atom is -0.494 e. The summed E-state index contributed by atoms with van der Waals surface area (Å²) < 4.78 is 7.38. The third kappa shape index (κ3) is 4.23. The highest BCUT2D eigenvalue weighted by molar-refractivity contribution is 7.80. The molecular weight excluding hydrogens is 434 g/mol. The zero-order valence-electron chi connectivity index (χ0n) is 16.5. The Bertz CT molecular complexity index is 1200. The van der Waals surface area contributed by atoms with Crippen molar-refractivity contribution in [3.63, 3.8) is 0 Å². The molecule has 8 heteroatoms. The van der Waals surface area contributed by atoms with Crippen molar-refractivity contribution in [1.82, 2.24) is 9.88 Å². The first-order valence-electron chi connectivity index (χ1n) is 9.55. The van der Waals surface area contributed by atoms with E-state index >= 15 is 0 Å². The summed E-state index contributed by atoms with van der Waals surface area (Å²) in [6.07, 6.45) is 3.39. The van der Waals surface area contributed by atoms with Gasteiger partial charge < -0.3 is 9.30 Å². The summed E-state index contributed by atoms with van der Waals surface area (Å²) in [7, 11) is 0. The van der Waals surface area contributed by atoms with Crippen molar-refractivity contribution in [3.05, 3.63) is 83.2 Å². The molecule has 3 aromatic rings. The summed E-state index contributed by atoms with van der Waals surface area (Å²) in [5.41, 5.74) is 2.00. The minimum atomic E-state index is -0.545. The Kier molecular flexibility index (Phi) is 5.88. The number of nitrogens with one attached hydrogen (secondary N) is 1. The maximum atomic E-state index is 13.3. The fourth-order valence-corrected chi connectivity index (χ4v) is 3.67. The third-order valence-corrected chi connectivity index (χ3v) is 5.20. The van der Waals surface area contributed by atoms with Crippen molar-refractivity contribution in [2.75, 3.05) is 11.5 Å². The number of amides is 2. The largest absolute Gasteiger partial charge is 0.494 e. The van der Waals surface area contributed by atoms with Gasteiger partial charge in [-0.2, -0.15) is 0 Å². The van der Waals surface area contributed by atoms with Crippen LogP contribution in [0, 0.1) is 0 Å². The lowest BCUT2D eigenvalue weighted by atomic mass is 10.1. The van der Waals surface area contributed by atoms with Gasteiger partial charge in [-0.05, 0) is 73.7 Å². The summed E-state index contributed by atoms with van der Waals surface area (Å²) >= 11 is 11.3. The number of halogens is 1. The second-order valence-corrected chi connectivity index (χ2v) is 7.49. The van der Waals surface area contributed by atoms with Crippen LogP contribution in [0.25, 0.3) is 11.8 Å². The summed E-state index contributed by atoms with van der Waals surface area (Å²) in [5.74, 6) is -0.447. The molecule has 1 fully saturated rings. The normalized spacial score (nSPS) is 15.4. The van der Waals surface area contributed by atoms with Gasteiger partial charge in [0.05, 0.1) is 12.3 Å². The number of thiocarbonyl (C=S) groups is 1. The Balaban J connectivity index is 1.72. The van der Waals surface area contributed by atoms with E-state index in [-0.39, 0.29) is 10.7 Å². The second-order valence-electron chi connectivity index (χ2n) is 6.67. The van der Waals surface area contributed by atoms with Gasteiger partial charge in [0.2, 0.25) is 0 Å². The molecule has 2 amide bonds. The van der Waals surface area contributed by atoms with Gasteiger partial charge in [-0.15, -0.1) is 0 Å². The molecule has 0 unspecified atom stereocenters. The molecular formula is C23H18ClN3O3S. The van der Waals surface area contributed by atoms with Crippen molar-refractivity contribution >= 4 is 52.5 Å². The van der Waals surface area contributed by atoms with Crippen LogP contribution in [0.3, 0.4) is 0 Å². The highest BCUT2D eigenvalue weighted by Crippen LogP contribution is 2.26. The molecule has 0 saturated carbocycles. The molecule has 156 valence electrons. The fourth-order valence-electron chi connectivity index (χ4n) is 3.27. The molecule has 0 bridgehead atoms. The van der Waals surface area contributed by atoms with Crippen LogP contribution in [0.1, 0.15) is 12.6 Å². The molecule has 2 heterocycles. The van der Waals surface area contributed by atoms with Crippen molar-refractivity contribution < 1.29 is 14.3 Å². The van der Waals surface area contributed by atoms with Gasteiger partial charge in [0.25, 0.3) is 11.8 Å². The number of carbonyl (C=O) groups excluding carboxylic acids is 2. The van der Waals surface area contributed by atoms with Gasteiger partial charge in [-0.1, -0.05) is 17.7 Å². The number of rotatable bonds is 5. The SMILES string of the molecule is CCOc1cccc(N2C(=O)/C(=C\c3cccn3-c3ccc(Cl)cc3)C(=O)NC2=S)c1. The van der Waals surface area contributed by atoms with Crippen LogP contribution < -0.4 is 15.0 Å². The van der Waals surface area contributed by atoms with Gasteiger partial charge in [-0.3, -0.25) is 19.8 Å². The molecule has 1 N–H and O–H groups in total. The monoisotopic (exact) mass is 451 g/mol. The van der Waals surface area contributed by atoms with E-state index in [9.17, 15) is 9.59 Å². The Morgan fingerprint density at radius 3 is 2.58 bits per heavy atom. The molecule has 1 saturated heterocycles. The van der Waals surface area contributed by atoms with Gasteiger partial charge in [0.1, 0.15) is 11.3 Å². The maximum Gasteiger partial charge on any atom is 0.270 e. The van der Waals surface area contributed by atoms with E-state index in [0.717, 1.165) is 5.69 Å². The van der Waals surface area contributed by atoms with Crippen LogP contribution in [0.15, 0.2) is 72.4 Å². The molecule has 4 rings (SSSR count). The predicted molar refractivity (Wildman–Crippen MR) is 125 cm³/mol. The van der Waals surface area contributed by atoms with E-state index in [1.54, 1.807) is 42.5 Å². The van der Waals surface area contributed by atoms with Gasteiger partial charge in [0.15, 0.2) is 5.11 Å². The summed E-state index contributed by atoms with van der Waals surface area (Å²) in [6.45, 7) is 2.37. The van der Waals surface area contributed by atoms with E-state index in [1.807, 2.05) is 42.0 Å². The van der Waals surface area contributed by atoms with E-state index in [1.165, 1.54) is 4.90 Å². The Morgan fingerprint density at radius 1 is 1.06 bits per heavy atom. The minimum absolute atomic E-state index is 0.0221. The van der Waals surface area contributed by atoms with Crippen LogP contribution in [-0.2, 0) is 9.59 Å². The lowest BCUT2D eigenvalue weighted by Gasteiger charge is -2.29. The van der Waals surface area contributed by atoms with Gasteiger partial charge in [-0.25, -0.2) is 0 Å². The third-order valence-electron chi connectivity index (χ3n) is 4.67. The Hall–Kier alpha value is -3.42. The van der Waals surface area contributed by atoms with Crippen LogP contribution in [0.2, 0.25) is 5.02 Å². The maximum absolute atomic E-state index is 13.3. The highest BCUT2D eigenvalue weighted by atomic mass is 35.5. The van der Waals surface area contributed by atoms with Crippen LogP contribution in [-0.4, -0.2) is 28.1 Å². The molecule has 6 nitrogen and oxygen atoms in total. The molecule has 31 heavy (non-hydrogen) atoms. The predicted octanol–water partition coefficient (Wildman–Crippen LogP) is 4.36. The number of ether oxygens (including phenoxy) is 1. The summed E-state index contributed by atoms with van der Waals surface area (Å²) in [6, 6.07) is 17.9. The molecule has 0 aliphatic carbocycles. The number of aromatic nitrogens is 1.